The standard InChI is InChI=1S/C17H23N3O2/c21-16-13-7-6-9-15(13)20(12-5-1-3-11-19-16)17(22)14-8-2-4-10-18-14/h2,4,8,10,13,15H,1,3,5-7,9,11-12H2,(H,19,21)/t13-,15+/m1/s1. The molecule has 2 aliphatic rings. The molecule has 1 saturated heterocycles. The van der Waals surface area contributed by atoms with Crippen LogP contribution in [0.4, 0.5) is 0 Å². The van der Waals surface area contributed by atoms with Crippen molar-refractivity contribution in [1.29, 1.82) is 0 Å². The first kappa shape index (κ1) is 15.0. The molecule has 1 aliphatic carbocycles. The molecule has 3 rings (SSSR count). The van der Waals surface area contributed by atoms with Crippen LogP contribution in [0.15, 0.2) is 24.4 Å². The summed E-state index contributed by atoms with van der Waals surface area (Å²) >= 11 is 0. The molecule has 5 nitrogen and oxygen atoms in total. The van der Waals surface area contributed by atoms with E-state index in [1.165, 1.54) is 0 Å². The normalized spacial score (nSPS) is 26.2. The second-order valence-electron chi connectivity index (χ2n) is 6.17. The second kappa shape index (κ2) is 6.90. The topological polar surface area (TPSA) is 62.3 Å². The van der Waals surface area contributed by atoms with Gasteiger partial charge in [-0.15, -0.1) is 0 Å². The molecule has 2 fully saturated rings. The predicted octanol–water partition coefficient (Wildman–Crippen LogP) is 1.99. The van der Waals surface area contributed by atoms with Gasteiger partial charge in [-0.05, 0) is 44.2 Å². The van der Waals surface area contributed by atoms with Crippen molar-refractivity contribution in [2.75, 3.05) is 13.1 Å². The highest BCUT2D eigenvalue weighted by Gasteiger charge is 2.39. The third-order valence-corrected chi connectivity index (χ3v) is 4.74. The highest BCUT2D eigenvalue weighted by molar-refractivity contribution is 5.93. The minimum atomic E-state index is -0.0641. The SMILES string of the molecule is O=C1NCCCCCN(C(=O)c2ccccn2)[C@H]2CCC[C@@H]12. The maximum atomic E-state index is 12.8. The Morgan fingerprint density at radius 2 is 2.09 bits per heavy atom. The summed E-state index contributed by atoms with van der Waals surface area (Å²) in [5.41, 5.74) is 0.477. The number of carbonyl (C=O) groups excluding carboxylic acids is 2. The van der Waals surface area contributed by atoms with Crippen molar-refractivity contribution in [3.05, 3.63) is 30.1 Å². The molecule has 118 valence electrons. The van der Waals surface area contributed by atoms with E-state index < -0.39 is 0 Å². The fourth-order valence-corrected chi connectivity index (χ4v) is 3.60. The second-order valence-corrected chi connectivity index (χ2v) is 6.17. The Hall–Kier alpha value is -1.91. The number of fused-ring (bicyclic) bond motifs is 1. The lowest BCUT2D eigenvalue weighted by atomic mass is 9.99. The van der Waals surface area contributed by atoms with Crippen molar-refractivity contribution in [3.8, 4) is 0 Å². The van der Waals surface area contributed by atoms with Crippen LogP contribution in [0.3, 0.4) is 0 Å². The average molecular weight is 301 g/mol. The van der Waals surface area contributed by atoms with Gasteiger partial charge in [-0.2, -0.15) is 0 Å². The summed E-state index contributed by atoms with van der Waals surface area (Å²) in [6, 6.07) is 5.42. The highest BCUT2D eigenvalue weighted by atomic mass is 16.2. The minimum absolute atomic E-state index is 0.0209. The van der Waals surface area contributed by atoms with E-state index in [0.29, 0.717) is 5.69 Å². The Morgan fingerprint density at radius 3 is 2.91 bits per heavy atom. The lowest BCUT2D eigenvalue weighted by Gasteiger charge is -2.33. The van der Waals surface area contributed by atoms with Crippen LogP contribution in [0, 0.1) is 5.92 Å². The van der Waals surface area contributed by atoms with E-state index in [0.717, 1.165) is 51.6 Å². The summed E-state index contributed by atoms with van der Waals surface area (Å²) < 4.78 is 0. The smallest absolute Gasteiger partial charge is 0.272 e. The monoisotopic (exact) mass is 301 g/mol. The number of hydrogen-bond acceptors (Lipinski definition) is 3. The average Bonchev–Trinajstić information content (AvgIpc) is 3.03. The molecule has 1 aliphatic heterocycles. The molecule has 0 spiro atoms. The lowest BCUT2D eigenvalue weighted by Crippen LogP contribution is -2.48. The van der Waals surface area contributed by atoms with E-state index in [9.17, 15) is 9.59 Å². The highest BCUT2D eigenvalue weighted by Crippen LogP contribution is 2.31. The molecule has 1 aromatic rings. The van der Waals surface area contributed by atoms with Gasteiger partial charge < -0.3 is 10.2 Å². The number of amides is 2. The van der Waals surface area contributed by atoms with Crippen molar-refractivity contribution >= 4 is 11.8 Å². The molecular weight excluding hydrogens is 278 g/mol. The molecule has 5 heteroatoms. The van der Waals surface area contributed by atoms with Crippen LogP contribution in [0.2, 0.25) is 0 Å². The molecule has 1 saturated carbocycles. The van der Waals surface area contributed by atoms with Gasteiger partial charge in [-0.1, -0.05) is 12.5 Å². The summed E-state index contributed by atoms with van der Waals surface area (Å²) in [6.45, 7) is 1.49. The first-order valence-electron chi connectivity index (χ1n) is 8.27. The van der Waals surface area contributed by atoms with E-state index in [2.05, 4.69) is 10.3 Å². The van der Waals surface area contributed by atoms with Gasteiger partial charge >= 0.3 is 0 Å². The number of rotatable bonds is 1. The van der Waals surface area contributed by atoms with E-state index in [4.69, 9.17) is 0 Å². The number of aromatic nitrogens is 1. The van der Waals surface area contributed by atoms with Gasteiger partial charge in [0.15, 0.2) is 0 Å². The van der Waals surface area contributed by atoms with Crippen LogP contribution in [-0.4, -0.2) is 40.8 Å². The van der Waals surface area contributed by atoms with Crippen molar-refractivity contribution in [3.63, 3.8) is 0 Å². The van der Waals surface area contributed by atoms with Crippen LogP contribution in [0.1, 0.15) is 49.0 Å². The molecule has 22 heavy (non-hydrogen) atoms. The fourth-order valence-electron chi connectivity index (χ4n) is 3.60. The Kier molecular flexibility index (Phi) is 4.71. The van der Waals surface area contributed by atoms with Gasteiger partial charge in [-0.3, -0.25) is 14.6 Å². The summed E-state index contributed by atoms with van der Waals surface area (Å²) in [5, 5.41) is 3.03. The summed E-state index contributed by atoms with van der Waals surface area (Å²) in [6.07, 6.45) is 7.44. The molecule has 1 aromatic heterocycles. The third kappa shape index (κ3) is 3.13. The lowest BCUT2D eigenvalue weighted by molar-refractivity contribution is -0.126. The maximum absolute atomic E-state index is 12.8. The zero-order valence-electron chi connectivity index (χ0n) is 12.8. The van der Waals surface area contributed by atoms with Gasteiger partial charge in [0.2, 0.25) is 5.91 Å². The number of nitrogens with one attached hydrogen (secondary N) is 1. The zero-order chi connectivity index (χ0) is 15.4. The van der Waals surface area contributed by atoms with Crippen molar-refractivity contribution in [2.45, 2.75) is 44.6 Å². The van der Waals surface area contributed by atoms with Gasteiger partial charge in [0.1, 0.15) is 5.69 Å². The molecule has 1 N–H and O–H groups in total. The van der Waals surface area contributed by atoms with Gasteiger partial charge in [-0.25, -0.2) is 0 Å². The molecule has 0 radical (unpaired) electrons. The number of nitrogens with zero attached hydrogens (tertiary/aromatic N) is 2. The molecule has 0 aromatic carbocycles. The van der Waals surface area contributed by atoms with Crippen LogP contribution < -0.4 is 5.32 Å². The summed E-state index contributed by atoms with van der Waals surface area (Å²) in [5.74, 6) is 0.0138. The van der Waals surface area contributed by atoms with Crippen molar-refractivity contribution in [2.24, 2.45) is 5.92 Å². The van der Waals surface area contributed by atoms with Crippen molar-refractivity contribution < 1.29 is 9.59 Å². The molecule has 0 bridgehead atoms. The quantitative estimate of drug-likeness (QED) is 0.863. The number of carbonyl (C=O) groups is 2. The molecular formula is C17H23N3O2. The van der Waals surface area contributed by atoms with E-state index in [1.807, 2.05) is 17.0 Å². The van der Waals surface area contributed by atoms with Gasteiger partial charge in [0, 0.05) is 25.3 Å². The van der Waals surface area contributed by atoms with Gasteiger partial charge in [0.05, 0.1) is 5.92 Å². The van der Waals surface area contributed by atoms with E-state index in [1.54, 1.807) is 12.3 Å². The molecule has 0 unspecified atom stereocenters. The first-order valence-corrected chi connectivity index (χ1v) is 8.27. The predicted molar refractivity (Wildman–Crippen MR) is 83.3 cm³/mol. The number of hydrogen-bond donors (Lipinski definition) is 1. The Morgan fingerprint density at radius 1 is 1.18 bits per heavy atom. The summed E-state index contributed by atoms with van der Waals surface area (Å²) in [4.78, 5) is 31.3. The Labute approximate surface area is 131 Å². The Balaban J connectivity index is 1.85. The van der Waals surface area contributed by atoms with Crippen LogP contribution >= 0.6 is 0 Å². The van der Waals surface area contributed by atoms with Crippen LogP contribution in [0.25, 0.3) is 0 Å². The maximum Gasteiger partial charge on any atom is 0.272 e. The van der Waals surface area contributed by atoms with Crippen LogP contribution in [-0.2, 0) is 4.79 Å². The van der Waals surface area contributed by atoms with E-state index in [-0.39, 0.29) is 23.8 Å². The largest absolute Gasteiger partial charge is 0.356 e. The van der Waals surface area contributed by atoms with Gasteiger partial charge in [0.25, 0.3) is 5.91 Å². The Bertz CT molecular complexity index is 532. The zero-order valence-corrected chi connectivity index (χ0v) is 12.8. The third-order valence-electron chi connectivity index (χ3n) is 4.74. The molecule has 2 heterocycles. The first-order chi connectivity index (χ1) is 10.8. The molecule has 2 amide bonds. The number of pyridine rings is 1. The summed E-state index contributed by atoms with van der Waals surface area (Å²) in [7, 11) is 0. The van der Waals surface area contributed by atoms with Crippen molar-refractivity contribution in [1.82, 2.24) is 15.2 Å². The van der Waals surface area contributed by atoms with E-state index >= 15 is 0 Å². The minimum Gasteiger partial charge on any atom is -0.356 e. The fraction of sp³-hybridized carbons (Fsp3) is 0.588. The molecule has 2 atom stereocenters. The van der Waals surface area contributed by atoms with Crippen LogP contribution in [0.5, 0.6) is 0 Å².